The van der Waals surface area contributed by atoms with E-state index in [9.17, 15) is 14.8 Å². The second-order valence-electron chi connectivity index (χ2n) is 5.59. The van der Waals surface area contributed by atoms with Gasteiger partial charge in [-0.05, 0) is 17.7 Å². The van der Waals surface area contributed by atoms with Crippen molar-refractivity contribution in [2.45, 2.75) is 78.1 Å². The molecule has 6 nitrogen and oxygen atoms in total. The van der Waals surface area contributed by atoms with Crippen LogP contribution < -0.4 is 4.90 Å². The van der Waals surface area contributed by atoms with Gasteiger partial charge in [0.1, 0.15) is 0 Å². The van der Waals surface area contributed by atoms with Gasteiger partial charge >= 0.3 is 0 Å². The fraction of sp³-hybridized carbons (Fsp3) is 0.750. The van der Waals surface area contributed by atoms with Crippen LogP contribution in [-0.4, -0.2) is 16.7 Å². The summed E-state index contributed by atoms with van der Waals surface area (Å²) in [6.07, 6.45) is 8.16. The zero-order valence-corrected chi connectivity index (χ0v) is 13.6. The predicted octanol–water partition coefficient (Wildman–Crippen LogP) is 3.61. The summed E-state index contributed by atoms with van der Waals surface area (Å²) >= 11 is 0. The number of carbonyl (C=O) groups is 2. The molecule has 0 aliphatic carbocycles. The van der Waals surface area contributed by atoms with Crippen molar-refractivity contribution in [3.05, 3.63) is 16.6 Å². The van der Waals surface area contributed by atoms with Crippen molar-refractivity contribution in [2.24, 2.45) is 0 Å². The molecule has 0 aliphatic rings. The minimum atomic E-state index is -0.357. The van der Waals surface area contributed by atoms with E-state index in [-0.39, 0.29) is 34.3 Å². The molecule has 124 valence electrons. The van der Waals surface area contributed by atoms with Crippen molar-refractivity contribution < 1.29 is 19.1 Å². The highest BCUT2D eigenvalue weighted by Gasteiger charge is 2.30. The molecule has 0 aromatic carbocycles. The minimum Gasteiger partial charge on any atom is -0.359 e. The Balaban J connectivity index is 2.61. The summed E-state index contributed by atoms with van der Waals surface area (Å²) in [5.74, 6) is -0.643. The summed E-state index contributed by atoms with van der Waals surface area (Å²) in [6, 6.07) is 0. The van der Waals surface area contributed by atoms with E-state index < -0.39 is 0 Å². The molecule has 0 saturated carbocycles. The summed E-state index contributed by atoms with van der Waals surface area (Å²) in [6.45, 7) is 4.18. The van der Waals surface area contributed by atoms with Gasteiger partial charge in [0.2, 0.25) is 11.6 Å². The van der Waals surface area contributed by atoms with Gasteiger partial charge in [-0.25, -0.2) is 0 Å². The Morgan fingerprint density at radius 3 is 2.05 bits per heavy atom. The molecule has 0 fully saturated rings. The second-order valence-corrected chi connectivity index (χ2v) is 5.59. The van der Waals surface area contributed by atoms with E-state index in [0.717, 1.165) is 44.9 Å². The third kappa shape index (κ3) is 5.58. The molecule has 22 heavy (non-hydrogen) atoms. The standard InChI is InChI=1S/C16H26N2O4/c1-3-5-7-9-11-13(19)15-16(18(21)22-17-15)14(20)12-10-8-6-4-2/h3-12H2,1-2H3. The van der Waals surface area contributed by atoms with E-state index in [0.29, 0.717) is 12.8 Å². The van der Waals surface area contributed by atoms with Gasteiger partial charge in [0.15, 0.2) is 0 Å². The fourth-order valence-corrected chi connectivity index (χ4v) is 2.33. The van der Waals surface area contributed by atoms with Crippen molar-refractivity contribution in [1.29, 1.82) is 0 Å². The third-order valence-electron chi connectivity index (χ3n) is 3.66. The minimum absolute atomic E-state index is 0.0709. The lowest BCUT2D eigenvalue weighted by Gasteiger charge is -1.99. The smallest absolute Gasteiger partial charge is 0.294 e. The van der Waals surface area contributed by atoms with Gasteiger partial charge in [0, 0.05) is 12.8 Å². The number of aromatic nitrogens is 2. The number of hydrogen-bond acceptors (Lipinski definition) is 5. The summed E-state index contributed by atoms with van der Waals surface area (Å²) in [4.78, 5) is 24.3. The lowest BCUT2D eigenvalue weighted by atomic mass is 10.0. The maximum absolute atomic E-state index is 12.1. The van der Waals surface area contributed by atoms with Crippen molar-refractivity contribution in [3.63, 3.8) is 0 Å². The van der Waals surface area contributed by atoms with Crippen molar-refractivity contribution in [3.8, 4) is 0 Å². The van der Waals surface area contributed by atoms with Crippen LogP contribution in [0.5, 0.6) is 0 Å². The van der Waals surface area contributed by atoms with Crippen LogP contribution in [0.3, 0.4) is 0 Å². The number of nitrogens with zero attached hydrogens (tertiary/aromatic N) is 2. The van der Waals surface area contributed by atoms with Crippen LogP contribution in [0.2, 0.25) is 0 Å². The van der Waals surface area contributed by atoms with E-state index in [2.05, 4.69) is 23.6 Å². The zero-order valence-electron chi connectivity index (χ0n) is 13.6. The van der Waals surface area contributed by atoms with E-state index in [4.69, 9.17) is 0 Å². The van der Waals surface area contributed by atoms with E-state index in [1.54, 1.807) is 0 Å². The highest BCUT2D eigenvalue weighted by molar-refractivity contribution is 6.05. The Morgan fingerprint density at radius 2 is 1.50 bits per heavy atom. The van der Waals surface area contributed by atoms with Gasteiger partial charge in [0.05, 0.1) is 5.16 Å². The summed E-state index contributed by atoms with van der Waals surface area (Å²) in [5.41, 5.74) is -0.330. The molecule has 6 heteroatoms. The largest absolute Gasteiger partial charge is 0.359 e. The van der Waals surface area contributed by atoms with Crippen molar-refractivity contribution in [2.75, 3.05) is 0 Å². The average Bonchev–Trinajstić information content (AvgIpc) is 2.89. The van der Waals surface area contributed by atoms with Gasteiger partial charge in [0.25, 0.3) is 11.4 Å². The third-order valence-corrected chi connectivity index (χ3v) is 3.66. The molecule has 1 rings (SSSR count). The molecule has 0 unspecified atom stereocenters. The molecule has 0 atom stereocenters. The van der Waals surface area contributed by atoms with Crippen LogP contribution in [0.4, 0.5) is 0 Å². The number of carbonyl (C=O) groups excluding carboxylic acids is 2. The zero-order chi connectivity index (χ0) is 16.4. The summed E-state index contributed by atoms with van der Waals surface area (Å²) in [5, 5.41) is 15.1. The number of rotatable bonds is 12. The molecule has 0 saturated heterocycles. The van der Waals surface area contributed by atoms with E-state index >= 15 is 0 Å². The van der Waals surface area contributed by atoms with E-state index in [1.165, 1.54) is 0 Å². The van der Waals surface area contributed by atoms with Crippen LogP contribution in [0.25, 0.3) is 0 Å². The number of unbranched alkanes of at least 4 members (excludes halogenated alkanes) is 6. The van der Waals surface area contributed by atoms with Gasteiger partial charge in [-0.2, -0.15) is 0 Å². The Morgan fingerprint density at radius 1 is 0.955 bits per heavy atom. The molecule has 0 spiro atoms. The molecule has 0 aliphatic heterocycles. The first-order valence-corrected chi connectivity index (χ1v) is 8.27. The Labute approximate surface area is 131 Å². The lowest BCUT2D eigenvalue weighted by molar-refractivity contribution is -0.803. The van der Waals surface area contributed by atoms with Crippen LogP contribution in [-0.2, 0) is 0 Å². The normalized spacial score (nSPS) is 10.8. The van der Waals surface area contributed by atoms with Crippen LogP contribution >= 0.6 is 0 Å². The lowest BCUT2D eigenvalue weighted by Crippen LogP contribution is -2.32. The first-order valence-electron chi connectivity index (χ1n) is 8.27. The molecule has 1 aromatic heterocycles. The molecule has 0 bridgehead atoms. The van der Waals surface area contributed by atoms with E-state index in [1.807, 2.05) is 0 Å². The highest BCUT2D eigenvalue weighted by atomic mass is 16.8. The first-order chi connectivity index (χ1) is 10.6. The Hall–Kier alpha value is -1.72. The monoisotopic (exact) mass is 310 g/mol. The topological polar surface area (TPSA) is 87.1 Å². The molecule has 0 amide bonds. The Bertz CT molecular complexity index is 482. The van der Waals surface area contributed by atoms with Gasteiger partial charge in [-0.15, -0.1) is 0 Å². The second kappa shape index (κ2) is 10.1. The Kier molecular flexibility index (Phi) is 8.40. The van der Waals surface area contributed by atoms with Crippen molar-refractivity contribution >= 4 is 11.6 Å². The average molecular weight is 310 g/mol. The van der Waals surface area contributed by atoms with Gasteiger partial charge in [-0.1, -0.05) is 52.4 Å². The number of hydrogen-bond donors (Lipinski definition) is 0. The molecule has 0 N–H and O–H groups in total. The number of Topliss-reactive ketones (excluding diaryl/α,β-unsaturated/α-hetero) is 2. The number of ketones is 2. The molecular weight excluding hydrogens is 284 g/mol. The first kappa shape index (κ1) is 18.3. The maximum Gasteiger partial charge on any atom is 0.294 e. The van der Waals surface area contributed by atoms with Crippen molar-refractivity contribution in [1.82, 2.24) is 5.16 Å². The molecule has 0 radical (unpaired) electrons. The fourth-order valence-electron chi connectivity index (χ4n) is 2.33. The van der Waals surface area contributed by atoms with Gasteiger partial charge < -0.3 is 5.21 Å². The molecule has 1 heterocycles. The predicted molar refractivity (Wildman–Crippen MR) is 81.6 cm³/mol. The summed E-state index contributed by atoms with van der Waals surface area (Å²) in [7, 11) is 0. The summed E-state index contributed by atoms with van der Waals surface area (Å²) < 4.78 is 4.46. The van der Waals surface area contributed by atoms with Crippen LogP contribution in [0.1, 0.15) is 99.0 Å². The quantitative estimate of drug-likeness (QED) is 0.334. The molecule has 1 aromatic rings. The maximum atomic E-state index is 12.1. The van der Waals surface area contributed by atoms with Crippen LogP contribution in [0, 0.1) is 5.21 Å². The van der Waals surface area contributed by atoms with Crippen LogP contribution in [0.15, 0.2) is 4.63 Å². The SMILES string of the molecule is CCCCCCC(=O)c1no[n+]([O-])c1C(=O)CCCCCC. The highest BCUT2D eigenvalue weighted by Crippen LogP contribution is 2.13. The molecular formula is C16H26N2O4. The van der Waals surface area contributed by atoms with Gasteiger partial charge in [-0.3, -0.25) is 14.2 Å².